The quantitative estimate of drug-likeness (QED) is 0.710. The molecule has 7 nitrogen and oxygen atoms in total. The van der Waals surface area contributed by atoms with Crippen LogP contribution in [0.25, 0.3) is 0 Å². The van der Waals surface area contributed by atoms with Crippen molar-refractivity contribution in [1.82, 2.24) is 5.32 Å². The highest BCUT2D eigenvalue weighted by molar-refractivity contribution is 6.40. The van der Waals surface area contributed by atoms with E-state index in [9.17, 15) is 14.4 Å². The first-order valence-electron chi connectivity index (χ1n) is 7.27. The lowest BCUT2D eigenvalue weighted by Gasteiger charge is -2.10. The molecule has 3 amide bonds. The molecule has 0 aromatic heterocycles. The number of hydrogen-bond donors (Lipinski definition) is 3. The fourth-order valence-corrected chi connectivity index (χ4v) is 2.13. The lowest BCUT2D eigenvalue weighted by Crippen LogP contribution is -2.39. The van der Waals surface area contributed by atoms with Crippen molar-refractivity contribution in [3.05, 3.63) is 53.6 Å². The molecule has 0 saturated carbocycles. The molecular formula is C17H16ClN3O4. The van der Waals surface area contributed by atoms with Crippen molar-refractivity contribution in [3.63, 3.8) is 0 Å². The van der Waals surface area contributed by atoms with E-state index < -0.39 is 17.7 Å². The maximum atomic E-state index is 11.9. The van der Waals surface area contributed by atoms with E-state index in [0.29, 0.717) is 22.1 Å². The Labute approximate surface area is 149 Å². The van der Waals surface area contributed by atoms with Crippen molar-refractivity contribution in [1.29, 1.82) is 0 Å². The molecule has 0 heterocycles. The zero-order valence-electron chi connectivity index (χ0n) is 13.3. The summed E-state index contributed by atoms with van der Waals surface area (Å²) in [6.07, 6.45) is 0. The van der Waals surface area contributed by atoms with Gasteiger partial charge in [-0.1, -0.05) is 29.8 Å². The lowest BCUT2D eigenvalue weighted by atomic mass is 10.3. The summed E-state index contributed by atoms with van der Waals surface area (Å²) in [5.41, 5.74) is 0.846. The predicted octanol–water partition coefficient (Wildman–Crippen LogP) is 2.04. The molecule has 0 radical (unpaired) electrons. The van der Waals surface area contributed by atoms with Gasteiger partial charge < -0.3 is 20.7 Å². The molecule has 8 heteroatoms. The number of carbonyl (C=O) groups is 3. The summed E-state index contributed by atoms with van der Waals surface area (Å²) in [5, 5.41) is 7.64. The second-order valence-corrected chi connectivity index (χ2v) is 5.33. The number of rotatable bonds is 5. The van der Waals surface area contributed by atoms with E-state index >= 15 is 0 Å². The molecule has 2 aromatic carbocycles. The summed E-state index contributed by atoms with van der Waals surface area (Å²) >= 11 is 5.80. The van der Waals surface area contributed by atoms with Crippen LogP contribution >= 0.6 is 11.6 Å². The molecule has 0 bridgehead atoms. The number of carbonyl (C=O) groups excluding carboxylic acids is 3. The molecule has 130 valence electrons. The third-order valence-electron chi connectivity index (χ3n) is 3.08. The molecule has 2 aromatic rings. The molecule has 0 fully saturated rings. The number of anilines is 2. The summed E-state index contributed by atoms with van der Waals surface area (Å²) in [6.45, 7) is -0.361. The molecule has 0 saturated heterocycles. The van der Waals surface area contributed by atoms with E-state index in [1.807, 2.05) is 0 Å². The standard InChI is InChI=1S/C17H16ClN3O4/c1-25-14-8-3-2-7-13(14)21-15(22)10-19-16(23)17(24)20-12-6-4-5-11(18)9-12/h2-9H,10H2,1H3,(H,19,23)(H,20,24)(H,21,22). The normalized spacial score (nSPS) is 9.84. The van der Waals surface area contributed by atoms with E-state index in [1.165, 1.54) is 13.2 Å². The van der Waals surface area contributed by atoms with Crippen LogP contribution in [0.3, 0.4) is 0 Å². The Morgan fingerprint density at radius 1 is 1.00 bits per heavy atom. The van der Waals surface area contributed by atoms with Gasteiger partial charge in [0.15, 0.2) is 0 Å². The summed E-state index contributed by atoms with van der Waals surface area (Å²) in [7, 11) is 1.48. The monoisotopic (exact) mass is 361 g/mol. The second-order valence-electron chi connectivity index (χ2n) is 4.90. The average Bonchev–Trinajstić information content (AvgIpc) is 2.60. The van der Waals surface area contributed by atoms with Gasteiger partial charge in [0.05, 0.1) is 19.3 Å². The van der Waals surface area contributed by atoms with E-state index in [2.05, 4.69) is 16.0 Å². The maximum absolute atomic E-state index is 11.9. The van der Waals surface area contributed by atoms with Crippen LogP contribution in [0.1, 0.15) is 0 Å². The molecular weight excluding hydrogens is 346 g/mol. The van der Waals surface area contributed by atoms with Crippen molar-refractivity contribution in [2.45, 2.75) is 0 Å². The van der Waals surface area contributed by atoms with E-state index in [1.54, 1.807) is 42.5 Å². The molecule has 3 N–H and O–H groups in total. The maximum Gasteiger partial charge on any atom is 0.313 e. The van der Waals surface area contributed by atoms with Crippen molar-refractivity contribution >= 4 is 40.7 Å². The van der Waals surface area contributed by atoms with Gasteiger partial charge in [-0.3, -0.25) is 14.4 Å². The van der Waals surface area contributed by atoms with Gasteiger partial charge in [-0.25, -0.2) is 0 Å². The lowest BCUT2D eigenvalue weighted by molar-refractivity contribution is -0.136. The third kappa shape index (κ3) is 5.50. The van der Waals surface area contributed by atoms with Crippen LogP contribution in [0, 0.1) is 0 Å². The highest BCUT2D eigenvalue weighted by Gasteiger charge is 2.15. The van der Waals surface area contributed by atoms with Gasteiger partial charge in [-0.2, -0.15) is 0 Å². The molecule has 2 rings (SSSR count). The van der Waals surface area contributed by atoms with Crippen LogP contribution in [-0.4, -0.2) is 31.4 Å². The molecule has 25 heavy (non-hydrogen) atoms. The zero-order valence-corrected chi connectivity index (χ0v) is 14.1. The molecule has 0 unspecified atom stereocenters. The van der Waals surface area contributed by atoms with Crippen molar-refractivity contribution in [2.24, 2.45) is 0 Å². The molecule has 0 aliphatic rings. The number of para-hydroxylation sites is 2. The van der Waals surface area contributed by atoms with Crippen LogP contribution < -0.4 is 20.7 Å². The minimum Gasteiger partial charge on any atom is -0.495 e. The van der Waals surface area contributed by atoms with Gasteiger partial charge >= 0.3 is 11.8 Å². The van der Waals surface area contributed by atoms with Crippen molar-refractivity contribution in [3.8, 4) is 5.75 Å². The van der Waals surface area contributed by atoms with Crippen molar-refractivity contribution < 1.29 is 19.1 Å². The topological polar surface area (TPSA) is 96.5 Å². The number of nitrogens with one attached hydrogen (secondary N) is 3. The summed E-state index contributed by atoms with van der Waals surface area (Å²) in [4.78, 5) is 35.4. The molecule has 0 aliphatic heterocycles. The fourth-order valence-electron chi connectivity index (χ4n) is 1.94. The van der Waals surface area contributed by atoms with Gasteiger partial charge in [0, 0.05) is 10.7 Å². The minimum absolute atomic E-state index is 0.361. The summed E-state index contributed by atoms with van der Waals surface area (Å²) in [5.74, 6) is -1.84. The smallest absolute Gasteiger partial charge is 0.313 e. The molecule has 0 atom stereocenters. The molecule has 0 spiro atoms. The summed E-state index contributed by atoms with van der Waals surface area (Å²) in [6, 6.07) is 13.2. The highest BCUT2D eigenvalue weighted by atomic mass is 35.5. The Kier molecular flexibility index (Phi) is 6.36. The predicted molar refractivity (Wildman–Crippen MR) is 94.7 cm³/mol. The van der Waals surface area contributed by atoms with Crippen LogP contribution in [0.5, 0.6) is 5.75 Å². The van der Waals surface area contributed by atoms with Crippen LogP contribution in [0.2, 0.25) is 5.02 Å². The van der Waals surface area contributed by atoms with E-state index in [-0.39, 0.29) is 6.54 Å². The third-order valence-corrected chi connectivity index (χ3v) is 3.31. The van der Waals surface area contributed by atoms with Crippen LogP contribution in [0.15, 0.2) is 48.5 Å². The number of methoxy groups -OCH3 is 1. The highest BCUT2D eigenvalue weighted by Crippen LogP contribution is 2.22. The van der Waals surface area contributed by atoms with Gasteiger partial charge in [0.25, 0.3) is 0 Å². The first-order valence-corrected chi connectivity index (χ1v) is 7.65. The molecule has 0 aliphatic carbocycles. The van der Waals surface area contributed by atoms with Gasteiger partial charge in [0.1, 0.15) is 5.75 Å². The van der Waals surface area contributed by atoms with Crippen LogP contribution in [0.4, 0.5) is 11.4 Å². The SMILES string of the molecule is COc1ccccc1NC(=O)CNC(=O)C(=O)Nc1cccc(Cl)c1. The Morgan fingerprint density at radius 2 is 1.76 bits per heavy atom. The van der Waals surface area contributed by atoms with E-state index in [4.69, 9.17) is 16.3 Å². The number of ether oxygens (including phenoxy) is 1. The number of benzene rings is 2. The average molecular weight is 362 g/mol. The van der Waals surface area contributed by atoms with E-state index in [0.717, 1.165) is 0 Å². The number of amides is 3. The van der Waals surface area contributed by atoms with Gasteiger partial charge in [-0.15, -0.1) is 0 Å². The number of hydrogen-bond acceptors (Lipinski definition) is 4. The van der Waals surface area contributed by atoms with Gasteiger partial charge in [-0.05, 0) is 30.3 Å². The number of halogens is 1. The van der Waals surface area contributed by atoms with Crippen LogP contribution in [-0.2, 0) is 14.4 Å². The fraction of sp³-hybridized carbons (Fsp3) is 0.118. The summed E-state index contributed by atoms with van der Waals surface area (Å²) < 4.78 is 5.11. The van der Waals surface area contributed by atoms with Gasteiger partial charge in [0.2, 0.25) is 5.91 Å². The Morgan fingerprint density at radius 3 is 2.48 bits per heavy atom. The Balaban J connectivity index is 1.84. The zero-order chi connectivity index (χ0) is 18.2. The first-order chi connectivity index (χ1) is 12.0. The second kappa shape index (κ2) is 8.70. The Hall–Kier alpha value is -3.06. The van der Waals surface area contributed by atoms with Crippen molar-refractivity contribution in [2.75, 3.05) is 24.3 Å². The minimum atomic E-state index is -0.935. The first kappa shape index (κ1) is 18.3. The largest absolute Gasteiger partial charge is 0.495 e. The Bertz CT molecular complexity index is 795.